The lowest BCUT2D eigenvalue weighted by atomic mass is 9.98. The summed E-state index contributed by atoms with van der Waals surface area (Å²) in [5.41, 5.74) is -0.686. The molecular weight excluding hydrogens is 387 g/mol. The lowest BCUT2D eigenvalue weighted by molar-refractivity contribution is -0.384. The SMILES string of the molecule is CC1CCN(c2ccc(C(=O)Nc3cccc(C(F)(F)F)c3)cc2[N+](=O)[O-])CC1. The van der Waals surface area contributed by atoms with Crippen molar-refractivity contribution in [3.8, 4) is 0 Å². The summed E-state index contributed by atoms with van der Waals surface area (Å²) >= 11 is 0. The molecule has 0 spiro atoms. The van der Waals surface area contributed by atoms with Gasteiger partial charge in [0.2, 0.25) is 0 Å². The molecule has 3 rings (SSSR count). The molecule has 1 amide bonds. The van der Waals surface area contributed by atoms with Gasteiger partial charge in [-0.25, -0.2) is 0 Å². The molecule has 1 N–H and O–H groups in total. The highest BCUT2D eigenvalue weighted by molar-refractivity contribution is 6.05. The van der Waals surface area contributed by atoms with Gasteiger partial charge in [0, 0.05) is 30.4 Å². The topological polar surface area (TPSA) is 75.5 Å². The third kappa shape index (κ3) is 4.85. The second kappa shape index (κ2) is 8.10. The summed E-state index contributed by atoms with van der Waals surface area (Å²) in [6.45, 7) is 3.52. The van der Waals surface area contributed by atoms with Crippen molar-refractivity contribution in [1.82, 2.24) is 0 Å². The molecule has 9 heteroatoms. The Bertz CT molecular complexity index is 923. The number of nitro groups is 1. The van der Waals surface area contributed by atoms with E-state index in [1.807, 2.05) is 4.90 Å². The predicted molar refractivity (Wildman–Crippen MR) is 103 cm³/mol. The summed E-state index contributed by atoms with van der Waals surface area (Å²) in [7, 11) is 0. The first-order valence-corrected chi connectivity index (χ1v) is 9.17. The summed E-state index contributed by atoms with van der Waals surface area (Å²) in [6.07, 6.45) is -2.68. The first-order chi connectivity index (χ1) is 13.6. The van der Waals surface area contributed by atoms with Crippen molar-refractivity contribution in [1.29, 1.82) is 0 Å². The van der Waals surface area contributed by atoms with Gasteiger partial charge < -0.3 is 10.2 Å². The maximum atomic E-state index is 12.8. The molecule has 0 aliphatic carbocycles. The van der Waals surface area contributed by atoms with Gasteiger partial charge in [-0.05, 0) is 49.1 Å². The lowest BCUT2D eigenvalue weighted by Gasteiger charge is -2.31. The number of nitrogens with zero attached hydrogens (tertiary/aromatic N) is 2. The molecule has 0 bridgehead atoms. The van der Waals surface area contributed by atoms with Crippen LogP contribution in [0.25, 0.3) is 0 Å². The summed E-state index contributed by atoms with van der Waals surface area (Å²) < 4.78 is 38.5. The number of carbonyl (C=O) groups is 1. The zero-order chi connectivity index (χ0) is 21.2. The van der Waals surface area contributed by atoms with Crippen LogP contribution in [0.4, 0.5) is 30.2 Å². The Morgan fingerprint density at radius 3 is 2.48 bits per heavy atom. The molecule has 154 valence electrons. The van der Waals surface area contributed by atoms with E-state index < -0.39 is 22.6 Å². The lowest BCUT2D eigenvalue weighted by Crippen LogP contribution is -2.33. The van der Waals surface area contributed by atoms with E-state index >= 15 is 0 Å². The average molecular weight is 407 g/mol. The van der Waals surface area contributed by atoms with Crippen LogP contribution < -0.4 is 10.2 Å². The zero-order valence-electron chi connectivity index (χ0n) is 15.7. The van der Waals surface area contributed by atoms with Crippen LogP contribution in [0.15, 0.2) is 42.5 Å². The summed E-state index contributed by atoms with van der Waals surface area (Å²) in [4.78, 5) is 25.4. The molecule has 6 nitrogen and oxygen atoms in total. The first-order valence-electron chi connectivity index (χ1n) is 9.17. The maximum absolute atomic E-state index is 12.8. The number of hydrogen-bond donors (Lipinski definition) is 1. The molecule has 0 aromatic heterocycles. The van der Waals surface area contributed by atoms with E-state index in [-0.39, 0.29) is 16.9 Å². The van der Waals surface area contributed by atoms with E-state index in [1.165, 1.54) is 24.3 Å². The molecule has 0 radical (unpaired) electrons. The van der Waals surface area contributed by atoms with Crippen LogP contribution in [0, 0.1) is 16.0 Å². The number of nitrogens with one attached hydrogen (secondary N) is 1. The fourth-order valence-corrected chi connectivity index (χ4v) is 3.30. The van der Waals surface area contributed by atoms with E-state index in [2.05, 4.69) is 12.2 Å². The van der Waals surface area contributed by atoms with Gasteiger partial charge in [-0.2, -0.15) is 13.2 Å². The minimum absolute atomic E-state index is 0.00300. The highest BCUT2D eigenvalue weighted by Gasteiger charge is 2.30. The molecule has 1 fully saturated rings. The van der Waals surface area contributed by atoms with Crippen molar-refractivity contribution in [3.63, 3.8) is 0 Å². The molecule has 1 aliphatic heterocycles. The highest BCUT2D eigenvalue weighted by atomic mass is 19.4. The molecule has 0 unspecified atom stereocenters. The predicted octanol–water partition coefficient (Wildman–Crippen LogP) is 5.10. The van der Waals surface area contributed by atoms with Crippen molar-refractivity contribution >= 4 is 23.0 Å². The van der Waals surface area contributed by atoms with Crippen LogP contribution >= 0.6 is 0 Å². The highest BCUT2D eigenvalue weighted by Crippen LogP contribution is 2.33. The smallest absolute Gasteiger partial charge is 0.366 e. The molecule has 2 aromatic carbocycles. The Balaban J connectivity index is 1.83. The summed E-state index contributed by atoms with van der Waals surface area (Å²) in [6, 6.07) is 8.35. The molecule has 29 heavy (non-hydrogen) atoms. The van der Waals surface area contributed by atoms with Crippen molar-refractivity contribution in [2.45, 2.75) is 25.9 Å². The minimum atomic E-state index is -4.53. The Hall–Kier alpha value is -3.10. The summed E-state index contributed by atoms with van der Waals surface area (Å²) in [5, 5.41) is 13.9. The number of amides is 1. The van der Waals surface area contributed by atoms with Crippen molar-refractivity contribution in [2.75, 3.05) is 23.3 Å². The first kappa shape index (κ1) is 20.6. The van der Waals surface area contributed by atoms with E-state index in [0.717, 1.165) is 31.0 Å². The van der Waals surface area contributed by atoms with Gasteiger partial charge in [0.15, 0.2) is 0 Å². The minimum Gasteiger partial charge on any atom is -0.366 e. The fraction of sp³-hybridized carbons (Fsp3) is 0.350. The molecule has 1 aliphatic rings. The van der Waals surface area contributed by atoms with Crippen molar-refractivity contribution in [2.24, 2.45) is 5.92 Å². The van der Waals surface area contributed by atoms with Crippen LogP contribution in [-0.2, 0) is 6.18 Å². The second-order valence-electron chi connectivity index (χ2n) is 7.16. The van der Waals surface area contributed by atoms with Gasteiger partial charge in [0.25, 0.3) is 11.6 Å². The van der Waals surface area contributed by atoms with Gasteiger partial charge in [0.05, 0.1) is 10.5 Å². The fourth-order valence-electron chi connectivity index (χ4n) is 3.30. The Kier molecular flexibility index (Phi) is 5.76. The number of carbonyl (C=O) groups excluding carboxylic acids is 1. The average Bonchev–Trinajstić information content (AvgIpc) is 2.67. The number of alkyl halides is 3. The number of hydrogen-bond acceptors (Lipinski definition) is 4. The molecule has 1 heterocycles. The number of anilines is 2. The maximum Gasteiger partial charge on any atom is 0.416 e. The van der Waals surface area contributed by atoms with E-state index in [9.17, 15) is 28.1 Å². The monoisotopic (exact) mass is 407 g/mol. The van der Waals surface area contributed by atoms with Crippen LogP contribution in [0.1, 0.15) is 35.7 Å². The van der Waals surface area contributed by atoms with Crippen LogP contribution in [0.5, 0.6) is 0 Å². The van der Waals surface area contributed by atoms with Gasteiger partial charge in [-0.1, -0.05) is 13.0 Å². The quantitative estimate of drug-likeness (QED) is 0.565. The van der Waals surface area contributed by atoms with Crippen LogP contribution in [0.3, 0.4) is 0 Å². The van der Waals surface area contributed by atoms with E-state index in [4.69, 9.17) is 0 Å². The zero-order valence-corrected chi connectivity index (χ0v) is 15.7. The second-order valence-corrected chi connectivity index (χ2v) is 7.16. The van der Waals surface area contributed by atoms with Gasteiger partial charge >= 0.3 is 6.18 Å². The van der Waals surface area contributed by atoms with E-state index in [0.29, 0.717) is 24.7 Å². The molecule has 2 aromatic rings. The number of halogens is 3. The Morgan fingerprint density at radius 1 is 1.17 bits per heavy atom. The van der Waals surface area contributed by atoms with Crippen LogP contribution in [0.2, 0.25) is 0 Å². The number of rotatable bonds is 4. The van der Waals surface area contributed by atoms with Crippen molar-refractivity contribution < 1.29 is 22.9 Å². The van der Waals surface area contributed by atoms with Gasteiger partial charge in [0.1, 0.15) is 5.69 Å². The largest absolute Gasteiger partial charge is 0.416 e. The standard InChI is InChI=1S/C20H20F3N3O3/c1-13-7-9-25(10-8-13)17-6-5-14(11-18(17)26(28)29)19(27)24-16-4-2-3-15(12-16)20(21,22)23/h2-6,11-13H,7-10H2,1H3,(H,24,27). The number of piperidine rings is 1. The molecule has 1 saturated heterocycles. The van der Waals surface area contributed by atoms with Crippen LogP contribution in [-0.4, -0.2) is 23.9 Å². The Labute approximate surface area is 165 Å². The molecule has 0 atom stereocenters. The molecular formula is C20H20F3N3O3. The normalized spacial score (nSPS) is 15.2. The number of benzene rings is 2. The van der Waals surface area contributed by atoms with Crippen molar-refractivity contribution in [3.05, 3.63) is 63.7 Å². The molecule has 0 saturated carbocycles. The Morgan fingerprint density at radius 2 is 1.86 bits per heavy atom. The third-order valence-electron chi connectivity index (χ3n) is 5.01. The summed E-state index contributed by atoms with van der Waals surface area (Å²) in [5.74, 6) is -0.158. The van der Waals surface area contributed by atoms with Gasteiger partial charge in [-0.3, -0.25) is 14.9 Å². The van der Waals surface area contributed by atoms with E-state index in [1.54, 1.807) is 0 Å². The third-order valence-corrected chi connectivity index (χ3v) is 5.01. The number of nitro benzene ring substituents is 1. The van der Waals surface area contributed by atoms with Gasteiger partial charge in [-0.15, -0.1) is 0 Å².